The monoisotopic (exact) mass is 281 g/mol. The highest BCUT2D eigenvalue weighted by Gasteiger charge is 2.18. The normalized spacial score (nSPS) is 17.6. The van der Waals surface area contributed by atoms with Crippen LogP contribution < -0.4 is 5.32 Å². The summed E-state index contributed by atoms with van der Waals surface area (Å²) in [5, 5.41) is 7.23. The second-order valence-corrected chi connectivity index (χ2v) is 5.37. The van der Waals surface area contributed by atoms with Crippen molar-refractivity contribution in [3.8, 4) is 0 Å². The van der Waals surface area contributed by atoms with E-state index in [-0.39, 0.29) is 11.8 Å². The van der Waals surface area contributed by atoms with Crippen molar-refractivity contribution in [1.29, 1.82) is 0 Å². The van der Waals surface area contributed by atoms with Gasteiger partial charge in [-0.2, -0.15) is 5.10 Å². The first-order valence-corrected chi connectivity index (χ1v) is 7.33. The van der Waals surface area contributed by atoms with Crippen LogP contribution in [0.2, 0.25) is 0 Å². The van der Waals surface area contributed by atoms with Crippen molar-refractivity contribution < 1.29 is 4.79 Å². The van der Waals surface area contributed by atoms with Gasteiger partial charge < -0.3 is 5.32 Å². The molecule has 0 saturated carbocycles. The van der Waals surface area contributed by atoms with Crippen molar-refractivity contribution in [3.63, 3.8) is 0 Å². The first-order chi connectivity index (χ1) is 10.3. The van der Waals surface area contributed by atoms with Gasteiger partial charge in [-0.15, -0.1) is 0 Å². The van der Waals surface area contributed by atoms with E-state index in [4.69, 9.17) is 0 Å². The minimum absolute atomic E-state index is 0.102. The summed E-state index contributed by atoms with van der Waals surface area (Å²) in [5.41, 5.74) is 1.99. The number of nitrogens with one attached hydrogen (secondary N) is 1. The highest BCUT2D eigenvalue weighted by molar-refractivity contribution is 5.92. The summed E-state index contributed by atoms with van der Waals surface area (Å²) in [7, 11) is 0. The Hall–Kier alpha value is -2.36. The highest BCUT2D eigenvalue weighted by Crippen LogP contribution is 2.20. The van der Waals surface area contributed by atoms with Gasteiger partial charge in [0, 0.05) is 24.0 Å². The van der Waals surface area contributed by atoms with Crippen LogP contribution in [0.5, 0.6) is 0 Å². The molecule has 1 aliphatic rings. The number of benzene rings is 1. The molecular formula is C17H19N3O. The maximum absolute atomic E-state index is 12.2. The summed E-state index contributed by atoms with van der Waals surface area (Å²) < 4.78 is 1.87. The Morgan fingerprint density at radius 1 is 1.33 bits per heavy atom. The van der Waals surface area contributed by atoms with Crippen LogP contribution in [0.4, 0.5) is 5.69 Å². The summed E-state index contributed by atoms with van der Waals surface area (Å²) in [4.78, 5) is 12.2. The van der Waals surface area contributed by atoms with Gasteiger partial charge in [-0.1, -0.05) is 24.3 Å². The SMILES string of the molecule is O=C(Nc1cccc(Cn2cccn2)c1)[C@H]1CC=CCC1. The van der Waals surface area contributed by atoms with Crippen LogP contribution in [0.25, 0.3) is 0 Å². The van der Waals surface area contributed by atoms with Crippen LogP contribution in [-0.2, 0) is 11.3 Å². The average Bonchev–Trinajstić information content (AvgIpc) is 3.01. The third-order valence-corrected chi connectivity index (χ3v) is 3.74. The fraction of sp³-hybridized carbons (Fsp3) is 0.294. The summed E-state index contributed by atoms with van der Waals surface area (Å²) in [6.45, 7) is 0.711. The molecule has 0 bridgehead atoms. The number of nitrogens with zero attached hydrogens (tertiary/aromatic N) is 2. The van der Waals surface area contributed by atoms with Gasteiger partial charge in [-0.3, -0.25) is 9.48 Å². The summed E-state index contributed by atoms with van der Waals surface area (Å²) in [6.07, 6.45) is 10.7. The maximum atomic E-state index is 12.2. The number of carbonyl (C=O) groups is 1. The molecule has 1 atom stereocenters. The lowest BCUT2D eigenvalue weighted by Crippen LogP contribution is -2.23. The molecule has 1 N–H and O–H groups in total. The fourth-order valence-corrected chi connectivity index (χ4v) is 2.60. The lowest BCUT2D eigenvalue weighted by Gasteiger charge is -2.17. The molecule has 3 rings (SSSR count). The largest absolute Gasteiger partial charge is 0.326 e. The van der Waals surface area contributed by atoms with E-state index in [1.807, 2.05) is 41.2 Å². The van der Waals surface area contributed by atoms with Crippen molar-refractivity contribution in [3.05, 3.63) is 60.4 Å². The van der Waals surface area contributed by atoms with Crippen molar-refractivity contribution in [1.82, 2.24) is 9.78 Å². The molecule has 0 saturated heterocycles. The maximum Gasteiger partial charge on any atom is 0.227 e. The topological polar surface area (TPSA) is 46.9 Å². The summed E-state index contributed by atoms with van der Waals surface area (Å²) in [5.74, 6) is 0.223. The van der Waals surface area contributed by atoms with Gasteiger partial charge in [0.2, 0.25) is 5.91 Å². The molecule has 1 heterocycles. The first kappa shape index (κ1) is 13.6. The Balaban J connectivity index is 1.65. The molecule has 0 spiro atoms. The van der Waals surface area contributed by atoms with Gasteiger partial charge in [0.15, 0.2) is 0 Å². The quantitative estimate of drug-likeness (QED) is 0.875. The minimum Gasteiger partial charge on any atom is -0.326 e. The molecule has 1 aliphatic carbocycles. The number of aromatic nitrogens is 2. The van der Waals surface area contributed by atoms with Gasteiger partial charge in [-0.05, 0) is 43.0 Å². The molecule has 2 aromatic rings. The Morgan fingerprint density at radius 3 is 3.05 bits per heavy atom. The molecule has 21 heavy (non-hydrogen) atoms. The molecule has 0 radical (unpaired) electrons. The first-order valence-electron chi connectivity index (χ1n) is 7.33. The number of hydrogen-bond donors (Lipinski definition) is 1. The van der Waals surface area contributed by atoms with Crippen LogP contribution in [0.3, 0.4) is 0 Å². The minimum atomic E-state index is 0.102. The predicted octanol–water partition coefficient (Wildman–Crippen LogP) is 3.23. The number of rotatable bonds is 4. The van der Waals surface area contributed by atoms with Crippen molar-refractivity contribution >= 4 is 11.6 Å². The number of amides is 1. The molecule has 1 aromatic heterocycles. The second kappa shape index (κ2) is 6.39. The van der Waals surface area contributed by atoms with E-state index in [0.717, 1.165) is 30.5 Å². The van der Waals surface area contributed by atoms with E-state index >= 15 is 0 Å². The molecule has 108 valence electrons. The zero-order chi connectivity index (χ0) is 14.5. The third-order valence-electron chi connectivity index (χ3n) is 3.74. The van der Waals surface area contributed by atoms with E-state index in [2.05, 4.69) is 22.6 Å². The standard InChI is InChI=1S/C17H19N3O/c21-17(15-7-2-1-3-8-15)19-16-9-4-6-14(12-16)13-20-11-5-10-18-20/h1-2,4-6,9-12,15H,3,7-8,13H2,(H,19,21)/t15-/m0/s1. The Morgan fingerprint density at radius 2 is 2.29 bits per heavy atom. The van der Waals surface area contributed by atoms with Crippen LogP contribution >= 0.6 is 0 Å². The van der Waals surface area contributed by atoms with E-state index < -0.39 is 0 Å². The number of hydrogen-bond acceptors (Lipinski definition) is 2. The highest BCUT2D eigenvalue weighted by atomic mass is 16.1. The van der Waals surface area contributed by atoms with Gasteiger partial charge in [-0.25, -0.2) is 0 Å². The Bertz CT molecular complexity index is 631. The van der Waals surface area contributed by atoms with Crippen molar-refractivity contribution in [2.75, 3.05) is 5.32 Å². The van der Waals surface area contributed by atoms with Gasteiger partial charge >= 0.3 is 0 Å². The molecule has 4 nitrogen and oxygen atoms in total. The second-order valence-electron chi connectivity index (χ2n) is 5.37. The fourth-order valence-electron chi connectivity index (χ4n) is 2.60. The molecule has 4 heteroatoms. The zero-order valence-electron chi connectivity index (χ0n) is 11.9. The molecule has 1 aromatic carbocycles. The molecule has 1 amide bonds. The van der Waals surface area contributed by atoms with Crippen LogP contribution in [0.15, 0.2) is 54.9 Å². The molecule has 0 fully saturated rings. The summed E-state index contributed by atoms with van der Waals surface area (Å²) in [6, 6.07) is 9.86. The van der Waals surface area contributed by atoms with Crippen molar-refractivity contribution in [2.24, 2.45) is 5.92 Å². The van der Waals surface area contributed by atoms with Crippen LogP contribution in [0, 0.1) is 5.92 Å². The summed E-state index contributed by atoms with van der Waals surface area (Å²) >= 11 is 0. The molecule has 0 unspecified atom stereocenters. The molecular weight excluding hydrogens is 262 g/mol. The van der Waals surface area contributed by atoms with E-state index in [1.54, 1.807) is 6.20 Å². The number of anilines is 1. The van der Waals surface area contributed by atoms with Gasteiger partial charge in [0.1, 0.15) is 0 Å². The van der Waals surface area contributed by atoms with Crippen LogP contribution in [-0.4, -0.2) is 15.7 Å². The third kappa shape index (κ3) is 3.60. The lowest BCUT2D eigenvalue weighted by molar-refractivity contribution is -0.120. The molecule has 0 aliphatic heterocycles. The van der Waals surface area contributed by atoms with E-state index in [0.29, 0.717) is 6.54 Å². The van der Waals surface area contributed by atoms with Crippen molar-refractivity contribution in [2.45, 2.75) is 25.8 Å². The van der Waals surface area contributed by atoms with Gasteiger partial charge in [0.05, 0.1) is 6.54 Å². The average molecular weight is 281 g/mol. The Labute approximate surface area is 124 Å². The Kier molecular flexibility index (Phi) is 4.15. The number of carbonyl (C=O) groups excluding carboxylic acids is 1. The zero-order valence-corrected chi connectivity index (χ0v) is 11.9. The van der Waals surface area contributed by atoms with E-state index in [1.165, 1.54) is 0 Å². The van der Waals surface area contributed by atoms with Gasteiger partial charge in [0.25, 0.3) is 0 Å². The number of allylic oxidation sites excluding steroid dienone is 2. The smallest absolute Gasteiger partial charge is 0.227 e. The van der Waals surface area contributed by atoms with E-state index in [9.17, 15) is 4.79 Å². The van der Waals surface area contributed by atoms with Crippen LogP contribution in [0.1, 0.15) is 24.8 Å². The predicted molar refractivity (Wildman–Crippen MR) is 82.9 cm³/mol. The lowest BCUT2D eigenvalue weighted by atomic mass is 9.93.